The lowest BCUT2D eigenvalue weighted by atomic mass is 10.1. The second-order valence-electron chi connectivity index (χ2n) is 3.35. The van der Waals surface area contributed by atoms with Gasteiger partial charge in [0, 0.05) is 25.4 Å². The van der Waals surface area contributed by atoms with Crippen molar-refractivity contribution in [3.05, 3.63) is 42.1 Å². The molecule has 0 aromatic carbocycles. The largest absolute Gasteiger partial charge is 0.461 e. The first-order chi connectivity index (χ1) is 7.27. The normalized spacial score (nSPS) is 10.5. The molecule has 2 rings (SSSR count). The summed E-state index contributed by atoms with van der Waals surface area (Å²) in [7, 11) is 1.87. The SMILES string of the molecule is Cn1nccc1CCC(=O)c1ccco1. The predicted octanol–water partition coefficient (Wildman–Crippen LogP) is 1.83. The van der Waals surface area contributed by atoms with Crippen LogP contribution in [0.1, 0.15) is 22.7 Å². The molecule has 78 valence electrons. The molecule has 0 unspecified atom stereocenters. The van der Waals surface area contributed by atoms with Gasteiger partial charge in [-0.3, -0.25) is 9.48 Å². The van der Waals surface area contributed by atoms with Gasteiger partial charge in [-0.1, -0.05) is 0 Å². The Hall–Kier alpha value is -1.84. The van der Waals surface area contributed by atoms with Crippen molar-refractivity contribution in [1.29, 1.82) is 0 Å². The maximum Gasteiger partial charge on any atom is 0.198 e. The molecule has 2 aromatic rings. The number of hydrogen-bond acceptors (Lipinski definition) is 3. The molecule has 0 aliphatic rings. The summed E-state index contributed by atoms with van der Waals surface area (Å²) in [6, 6.07) is 5.32. The Morgan fingerprint density at radius 1 is 1.53 bits per heavy atom. The molecule has 0 aliphatic carbocycles. The first kappa shape index (κ1) is 9.71. The van der Waals surface area contributed by atoms with E-state index in [9.17, 15) is 4.79 Å². The average Bonchev–Trinajstić information content (AvgIpc) is 2.85. The molecule has 0 atom stereocenters. The number of aryl methyl sites for hydroxylation is 2. The predicted molar refractivity (Wildman–Crippen MR) is 54.6 cm³/mol. The molecule has 2 heterocycles. The van der Waals surface area contributed by atoms with Crippen molar-refractivity contribution in [2.24, 2.45) is 7.05 Å². The number of furan rings is 1. The van der Waals surface area contributed by atoms with Gasteiger partial charge in [-0.05, 0) is 24.6 Å². The molecular formula is C11H12N2O2. The minimum absolute atomic E-state index is 0.0289. The second-order valence-corrected chi connectivity index (χ2v) is 3.35. The van der Waals surface area contributed by atoms with Crippen molar-refractivity contribution >= 4 is 5.78 Å². The Kier molecular flexibility index (Phi) is 2.67. The quantitative estimate of drug-likeness (QED) is 0.714. The van der Waals surface area contributed by atoms with E-state index in [1.165, 1.54) is 6.26 Å². The topological polar surface area (TPSA) is 48.0 Å². The fraction of sp³-hybridized carbons (Fsp3) is 0.273. The van der Waals surface area contributed by atoms with Gasteiger partial charge in [-0.25, -0.2) is 0 Å². The van der Waals surface area contributed by atoms with Crippen molar-refractivity contribution in [2.75, 3.05) is 0 Å². The zero-order chi connectivity index (χ0) is 10.7. The van der Waals surface area contributed by atoms with Crippen molar-refractivity contribution in [3.8, 4) is 0 Å². The van der Waals surface area contributed by atoms with Gasteiger partial charge in [0.15, 0.2) is 11.5 Å². The number of Topliss-reactive ketones (excluding diaryl/α,β-unsaturated/α-hetero) is 1. The molecule has 0 spiro atoms. The molecule has 2 aromatic heterocycles. The summed E-state index contributed by atoms with van der Waals surface area (Å²) in [6.07, 6.45) is 4.38. The summed E-state index contributed by atoms with van der Waals surface area (Å²) in [5, 5.41) is 4.04. The van der Waals surface area contributed by atoms with Crippen LogP contribution in [-0.2, 0) is 13.5 Å². The van der Waals surface area contributed by atoms with Crippen molar-refractivity contribution in [1.82, 2.24) is 9.78 Å². The maximum atomic E-state index is 11.6. The summed E-state index contributed by atoms with van der Waals surface area (Å²) >= 11 is 0. The highest BCUT2D eigenvalue weighted by Crippen LogP contribution is 2.08. The molecule has 15 heavy (non-hydrogen) atoms. The lowest BCUT2D eigenvalue weighted by Crippen LogP contribution is -2.03. The number of carbonyl (C=O) groups excluding carboxylic acids is 1. The third-order valence-electron chi connectivity index (χ3n) is 2.33. The minimum atomic E-state index is 0.0289. The van der Waals surface area contributed by atoms with Crippen molar-refractivity contribution < 1.29 is 9.21 Å². The zero-order valence-corrected chi connectivity index (χ0v) is 8.51. The second kappa shape index (κ2) is 4.13. The Balaban J connectivity index is 1.95. The highest BCUT2D eigenvalue weighted by Gasteiger charge is 2.09. The van der Waals surface area contributed by atoms with E-state index < -0.39 is 0 Å². The van der Waals surface area contributed by atoms with E-state index >= 15 is 0 Å². The number of ketones is 1. The van der Waals surface area contributed by atoms with Crippen LogP contribution in [0, 0.1) is 0 Å². The van der Waals surface area contributed by atoms with Crippen LogP contribution in [0.25, 0.3) is 0 Å². The standard InChI is InChI=1S/C11H12N2O2/c1-13-9(6-7-12-13)4-5-10(14)11-3-2-8-15-11/h2-3,6-8H,4-5H2,1H3. The number of carbonyl (C=O) groups is 1. The number of aromatic nitrogens is 2. The van der Waals surface area contributed by atoms with Crippen molar-refractivity contribution in [3.63, 3.8) is 0 Å². The highest BCUT2D eigenvalue weighted by atomic mass is 16.3. The molecule has 0 fully saturated rings. The number of hydrogen-bond donors (Lipinski definition) is 0. The zero-order valence-electron chi connectivity index (χ0n) is 8.51. The Labute approximate surface area is 87.5 Å². The van der Waals surface area contributed by atoms with Crippen LogP contribution in [0.2, 0.25) is 0 Å². The molecule has 0 saturated heterocycles. The summed E-state index contributed by atoms with van der Waals surface area (Å²) in [5.74, 6) is 0.457. The molecule has 0 amide bonds. The average molecular weight is 204 g/mol. The molecular weight excluding hydrogens is 192 g/mol. The Morgan fingerprint density at radius 3 is 3.00 bits per heavy atom. The minimum Gasteiger partial charge on any atom is -0.461 e. The maximum absolute atomic E-state index is 11.6. The third kappa shape index (κ3) is 2.15. The van der Waals surface area contributed by atoms with Crippen LogP contribution < -0.4 is 0 Å². The lowest BCUT2D eigenvalue weighted by Gasteiger charge is -1.99. The number of nitrogens with zero attached hydrogens (tertiary/aromatic N) is 2. The van der Waals surface area contributed by atoms with E-state index in [-0.39, 0.29) is 5.78 Å². The third-order valence-corrected chi connectivity index (χ3v) is 2.33. The van der Waals surface area contributed by atoms with Gasteiger partial charge in [-0.15, -0.1) is 0 Å². The van der Waals surface area contributed by atoms with E-state index in [0.29, 0.717) is 18.6 Å². The van der Waals surface area contributed by atoms with E-state index in [2.05, 4.69) is 5.10 Å². The monoisotopic (exact) mass is 204 g/mol. The van der Waals surface area contributed by atoms with Gasteiger partial charge in [0.1, 0.15) is 0 Å². The van der Waals surface area contributed by atoms with Crippen LogP contribution in [0.4, 0.5) is 0 Å². The van der Waals surface area contributed by atoms with Crippen LogP contribution in [-0.4, -0.2) is 15.6 Å². The van der Waals surface area contributed by atoms with Gasteiger partial charge in [0.05, 0.1) is 6.26 Å². The van der Waals surface area contributed by atoms with Gasteiger partial charge in [0.2, 0.25) is 0 Å². The van der Waals surface area contributed by atoms with Crippen LogP contribution >= 0.6 is 0 Å². The van der Waals surface area contributed by atoms with Gasteiger partial charge in [-0.2, -0.15) is 5.10 Å². The molecule has 0 bridgehead atoms. The first-order valence-corrected chi connectivity index (χ1v) is 4.81. The fourth-order valence-corrected chi connectivity index (χ4v) is 1.45. The molecule has 4 heteroatoms. The van der Waals surface area contributed by atoms with Gasteiger partial charge < -0.3 is 4.42 Å². The fourth-order valence-electron chi connectivity index (χ4n) is 1.45. The molecule has 0 aliphatic heterocycles. The van der Waals surface area contributed by atoms with Crippen LogP contribution in [0.5, 0.6) is 0 Å². The van der Waals surface area contributed by atoms with Crippen molar-refractivity contribution in [2.45, 2.75) is 12.8 Å². The Morgan fingerprint density at radius 2 is 2.40 bits per heavy atom. The van der Waals surface area contributed by atoms with Crippen LogP contribution in [0.3, 0.4) is 0 Å². The van der Waals surface area contributed by atoms with E-state index in [0.717, 1.165) is 5.69 Å². The first-order valence-electron chi connectivity index (χ1n) is 4.81. The van der Waals surface area contributed by atoms with E-state index in [1.807, 2.05) is 13.1 Å². The summed E-state index contributed by atoms with van der Waals surface area (Å²) in [5.41, 5.74) is 1.05. The van der Waals surface area contributed by atoms with E-state index in [4.69, 9.17) is 4.42 Å². The number of rotatable bonds is 4. The molecule has 0 saturated carbocycles. The Bertz CT molecular complexity index is 443. The molecule has 4 nitrogen and oxygen atoms in total. The van der Waals surface area contributed by atoms with Crippen LogP contribution in [0.15, 0.2) is 35.1 Å². The summed E-state index contributed by atoms with van der Waals surface area (Å²) < 4.78 is 6.80. The lowest BCUT2D eigenvalue weighted by molar-refractivity contribution is 0.0955. The highest BCUT2D eigenvalue weighted by molar-refractivity contribution is 5.93. The van der Waals surface area contributed by atoms with E-state index in [1.54, 1.807) is 23.0 Å². The summed E-state index contributed by atoms with van der Waals surface area (Å²) in [6.45, 7) is 0. The van der Waals surface area contributed by atoms with Gasteiger partial charge in [0.25, 0.3) is 0 Å². The molecule has 0 N–H and O–H groups in total. The smallest absolute Gasteiger partial charge is 0.198 e. The summed E-state index contributed by atoms with van der Waals surface area (Å²) in [4.78, 5) is 11.6. The molecule has 0 radical (unpaired) electrons. The van der Waals surface area contributed by atoms with Gasteiger partial charge >= 0.3 is 0 Å².